The summed E-state index contributed by atoms with van der Waals surface area (Å²) < 4.78 is 1.03. The van der Waals surface area contributed by atoms with Crippen molar-refractivity contribution >= 4 is 32.5 Å². The van der Waals surface area contributed by atoms with Gasteiger partial charge >= 0.3 is 0 Å². The molecule has 1 aromatic heterocycles. The number of nitrogens with two attached hydrogens (primary N) is 1. The number of benzene rings is 2. The summed E-state index contributed by atoms with van der Waals surface area (Å²) in [6.45, 7) is 0.521. The van der Waals surface area contributed by atoms with Gasteiger partial charge in [-0.05, 0) is 51.8 Å². The molecule has 3 aromatic rings. The van der Waals surface area contributed by atoms with Crippen molar-refractivity contribution in [1.29, 1.82) is 0 Å². The summed E-state index contributed by atoms with van der Waals surface area (Å²) in [5.74, 6) is 0. The average Bonchev–Trinajstić information content (AvgIpc) is 2.54. The highest BCUT2D eigenvalue weighted by atomic mass is 79.9. The predicted molar refractivity (Wildman–Crippen MR) is 91.3 cm³/mol. The lowest BCUT2D eigenvalue weighted by Gasteiger charge is -2.20. The molecular weight excluding hydrogens is 326 g/mol. The van der Waals surface area contributed by atoms with Gasteiger partial charge in [-0.2, -0.15) is 0 Å². The van der Waals surface area contributed by atoms with Gasteiger partial charge in [0.25, 0.3) is 0 Å². The molecule has 3 nitrogen and oxygen atoms in total. The van der Waals surface area contributed by atoms with Gasteiger partial charge in [0.2, 0.25) is 0 Å². The molecule has 1 unspecified atom stereocenters. The fraction of sp³-hybridized carbons (Fsp3) is 0.118. The van der Waals surface area contributed by atoms with Crippen molar-refractivity contribution in [2.45, 2.75) is 6.04 Å². The zero-order valence-corrected chi connectivity index (χ0v) is 13.0. The quantitative estimate of drug-likeness (QED) is 0.750. The topological polar surface area (TPSA) is 50.9 Å². The molecule has 3 N–H and O–H groups in total. The summed E-state index contributed by atoms with van der Waals surface area (Å²) in [6.07, 6.45) is 1.81. The molecular formula is C17H16BrN3. The highest BCUT2D eigenvalue weighted by Crippen LogP contribution is 2.27. The van der Waals surface area contributed by atoms with Crippen LogP contribution in [0.1, 0.15) is 11.6 Å². The van der Waals surface area contributed by atoms with E-state index in [1.54, 1.807) is 0 Å². The lowest BCUT2D eigenvalue weighted by Crippen LogP contribution is -2.20. The number of anilines is 1. The zero-order valence-electron chi connectivity index (χ0n) is 11.5. The Balaban J connectivity index is 1.93. The van der Waals surface area contributed by atoms with E-state index < -0.39 is 0 Å². The van der Waals surface area contributed by atoms with Gasteiger partial charge < -0.3 is 11.1 Å². The molecule has 0 aliphatic rings. The van der Waals surface area contributed by atoms with Crippen molar-refractivity contribution < 1.29 is 0 Å². The Morgan fingerprint density at radius 3 is 2.76 bits per heavy atom. The van der Waals surface area contributed by atoms with Crippen LogP contribution in [0.25, 0.3) is 10.9 Å². The number of nitrogens with zero attached hydrogens (tertiary/aromatic N) is 1. The fourth-order valence-electron chi connectivity index (χ4n) is 2.36. The monoisotopic (exact) mass is 341 g/mol. The number of nitrogens with one attached hydrogen (secondary N) is 1. The first-order chi connectivity index (χ1) is 10.3. The first kappa shape index (κ1) is 14.0. The Kier molecular flexibility index (Phi) is 4.18. The van der Waals surface area contributed by atoms with Gasteiger partial charge in [-0.15, -0.1) is 0 Å². The Morgan fingerprint density at radius 1 is 1.10 bits per heavy atom. The minimum Gasteiger partial charge on any atom is -0.376 e. The summed E-state index contributed by atoms with van der Waals surface area (Å²) in [5.41, 5.74) is 9.15. The van der Waals surface area contributed by atoms with E-state index in [4.69, 9.17) is 5.73 Å². The molecule has 0 bridgehead atoms. The second-order valence-corrected chi connectivity index (χ2v) is 5.72. The lowest BCUT2D eigenvalue weighted by molar-refractivity contribution is 0.790. The zero-order chi connectivity index (χ0) is 14.7. The molecule has 3 rings (SSSR count). The van der Waals surface area contributed by atoms with Gasteiger partial charge in [-0.25, -0.2) is 0 Å². The van der Waals surface area contributed by atoms with Crippen molar-refractivity contribution in [3.8, 4) is 0 Å². The van der Waals surface area contributed by atoms with E-state index in [-0.39, 0.29) is 6.04 Å². The third-order valence-corrected chi connectivity index (χ3v) is 4.16. The Hall–Kier alpha value is -1.91. The summed E-state index contributed by atoms with van der Waals surface area (Å²) in [5, 5.41) is 4.61. The molecule has 2 aromatic carbocycles. The van der Waals surface area contributed by atoms with Crippen LogP contribution < -0.4 is 11.1 Å². The first-order valence-electron chi connectivity index (χ1n) is 6.84. The largest absolute Gasteiger partial charge is 0.376 e. The standard InChI is InChI=1S/C17H16BrN3/c18-14-5-1-2-6-16(14)21-17(11-19)13-7-8-15-12(10-13)4-3-9-20-15/h1-10,17,21H,11,19H2. The molecule has 0 aliphatic carbocycles. The lowest BCUT2D eigenvalue weighted by atomic mass is 10.0. The van der Waals surface area contributed by atoms with Crippen molar-refractivity contribution in [3.05, 3.63) is 70.8 Å². The Labute approximate surface area is 132 Å². The van der Waals surface area contributed by atoms with Crippen LogP contribution in [-0.2, 0) is 0 Å². The fourth-order valence-corrected chi connectivity index (χ4v) is 2.75. The SMILES string of the molecule is NCC(Nc1ccccc1Br)c1ccc2ncccc2c1. The number of halogens is 1. The number of rotatable bonds is 4. The van der Waals surface area contributed by atoms with E-state index in [0.29, 0.717) is 6.54 Å². The molecule has 0 fully saturated rings. The van der Waals surface area contributed by atoms with E-state index >= 15 is 0 Å². The minimum absolute atomic E-state index is 0.0632. The summed E-state index contributed by atoms with van der Waals surface area (Å²) >= 11 is 3.55. The van der Waals surface area contributed by atoms with Gasteiger partial charge in [-0.1, -0.05) is 24.3 Å². The molecule has 1 heterocycles. The first-order valence-corrected chi connectivity index (χ1v) is 7.63. The van der Waals surface area contributed by atoms with Crippen LogP contribution in [-0.4, -0.2) is 11.5 Å². The molecule has 0 amide bonds. The normalized spacial score (nSPS) is 12.3. The highest BCUT2D eigenvalue weighted by molar-refractivity contribution is 9.10. The third-order valence-electron chi connectivity index (χ3n) is 3.47. The smallest absolute Gasteiger partial charge is 0.0702 e. The van der Waals surface area contributed by atoms with Crippen molar-refractivity contribution in [2.24, 2.45) is 5.73 Å². The van der Waals surface area contributed by atoms with Crippen LogP contribution in [0.2, 0.25) is 0 Å². The number of aromatic nitrogens is 1. The second kappa shape index (κ2) is 6.24. The number of hydrogen-bond donors (Lipinski definition) is 2. The van der Waals surface area contributed by atoms with Gasteiger partial charge in [0, 0.05) is 28.3 Å². The maximum Gasteiger partial charge on any atom is 0.0702 e. The molecule has 0 aliphatic heterocycles. The molecule has 4 heteroatoms. The van der Waals surface area contributed by atoms with Crippen molar-refractivity contribution in [1.82, 2.24) is 4.98 Å². The van der Waals surface area contributed by atoms with Gasteiger partial charge in [0.15, 0.2) is 0 Å². The second-order valence-electron chi connectivity index (χ2n) is 4.87. The molecule has 0 spiro atoms. The third kappa shape index (κ3) is 3.06. The van der Waals surface area contributed by atoms with Crippen LogP contribution in [0.15, 0.2) is 65.3 Å². The number of fused-ring (bicyclic) bond motifs is 1. The van der Waals surface area contributed by atoms with E-state index in [2.05, 4.69) is 44.4 Å². The molecule has 21 heavy (non-hydrogen) atoms. The summed E-state index contributed by atoms with van der Waals surface area (Å²) in [4.78, 5) is 4.35. The van der Waals surface area contributed by atoms with E-state index in [0.717, 1.165) is 26.6 Å². The van der Waals surface area contributed by atoms with Crippen LogP contribution >= 0.6 is 15.9 Å². The van der Waals surface area contributed by atoms with Gasteiger partial charge in [-0.3, -0.25) is 4.98 Å². The van der Waals surface area contributed by atoms with Crippen molar-refractivity contribution in [2.75, 3.05) is 11.9 Å². The van der Waals surface area contributed by atoms with Crippen molar-refractivity contribution in [3.63, 3.8) is 0 Å². The van der Waals surface area contributed by atoms with Crippen LogP contribution in [0.5, 0.6) is 0 Å². The average molecular weight is 342 g/mol. The predicted octanol–water partition coefficient (Wildman–Crippen LogP) is 4.11. The van der Waals surface area contributed by atoms with Crippen LogP contribution in [0, 0.1) is 0 Å². The maximum atomic E-state index is 5.95. The van der Waals surface area contributed by atoms with Gasteiger partial charge in [0.1, 0.15) is 0 Å². The highest BCUT2D eigenvalue weighted by Gasteiger charge is 2.11. The summed E-state index contributed by atoms with van der Waals surface area (Å²) in [6, 6.07) is 18.4. The number of hydrogen-bond acceptors (Lipinski definition) is 3. The molecule has 1 atom stereocenters. The van der Waals surface area contributed by atoms with E-state index in [9.17, 15) is 0 Å². The van der Waals surface area contributed by atoms with E-state index in [1.165, 1.54) is 0 Å². The molecule has 106 valence electrons. The minimum atomic E-state index is 0.0632. The number of pyridine rings is 1. The van der Waals surface area contributed by atoms with Crippen LogP contribution in [0.4, 0.5) is 5.69 Å². The molecule has 0 saturated carbocycles. The Bertz CT molecular complexity index is 758. The maximum absolute atomic E-state index is 5.95. The molecule has 0 saturated heterocycles. The van der Waals surface area contributed by atoms with Gasteiger partial charge in [0.05, 0.1) is 11.6 Å². The van der Waals surface area contributed by atoms with Crippen LogP contribution in [0.3, 0.4) is 0 Å². The molecule has 0 radical (unpaired) electrons. The number of para-hydroxylation sites is 1. The Morgan fingerprint density at radius 2 is 1.95 bits per heavy atom. The summed E-state index contributed by atoms with van der Waals surface area (Å²) in [7, 11) is 0. The van der Waals surface area contributed by atoms with E-state index in [1.807, 2.05) is 42.6 Å².